The van der Waals surface area contributed by atoms with Crippen LogP contribution in [0.3, 0.4) is 0 Å². The predicted octanol–water partition coefficient (Wildman–Crippen LogP) is 2.53. The Balaban J connectivity index is 1.57. The fourth-order valence-corrected chi connectivity index (χ4v) is 3.62. The van der Waals surface area contributed by atoms with E-state index in [9.17, 15) is 9.18 Å². The molecule has 1 aliphatic heterocycles. The lowest BCUT2D eigenvalue weighted by Crippen LogP contribution is -2.44. The number of benzene rings is 1. The van der Waals surface area contributed by atoms with Crippen LogP contribution in [0.1, 0.15) is 36.7 Å². The van der Waals surface area contributed by atoms with Crippen molar-refractivity contribution in [3.63, 3.8) is 0 Å². The van der Waals surface area contributed by atoms with Crippen molar-refractivity contribution in [2.24, 2.45) is 0 Å². The van der Waals surface area contributed by atoms with Gasteiger partial charge in [0, 0.05) is 18.2 Å². The fourth-order valence-electron chi connectivity index (χ4n) is 3.62. The van der Waals surface area contributed by atoms with Crippen LogP contribution in [0.15, 0.2) is 36.7 Å². The van der Waals surface area contributed by atoms with Gasteiger partial charge in [0.05, 0.1) is 5.69 Å². The van der Waals surface area contributed by atoms with Crippen molar-refractivity contribution in [1.82, 2.24) is 29.8 Å². The van der Waals surface area contributed by atoms with Gasteiger partial charge in [0.25, 0.3) is 11.7 Å². The van der Waals surface area contributed by atoms with E-state index in [0.717, 1.165) is 19.6 Å². The molecule has 1 aliphatic rings. The third-order valence-electron chi connectivity index (χ3n) is 4.98. The summed E-state index contributed by atoms with van der Waals surface area (Å²) in [6.07, 6.45) is 5.08. The van der Waals surface area contributed by atoms with Crippen molar-refractivity contribution in [3.05, 3.63) is 48.2 Å². The van der Waals surface area contributed by atoms with Crippen molar-refractivity contribution in [2.45, 2.75) is 32.2 Å². The van der Waals surface area contributed by atoms with E-state index in [1.54, 1.807) is 18.2 Å². The number of nitrogens with zero attached hydrogens (tertiary/aromatic N) is 5. The first-order valence-corrected chi connectivity index (χ1v) is 9.60. The number of hydrogen-bond acceptors (Lipinski definition) is 5. The summed E-state index contributed by atoms with van der Waals surface area (Å²) in [4.78, 5) is 23.9. The number of aromatic nitrogens is 4. The minimum atomic E-state index is -0.322. The van der Waals surface area contributed by atoms with Gasteiger partial charge in [-0.15, -0.1) is 0 Å². The molecule has 1 N–H and O–H groups in total. The van der Waals surface area contributed by atoms with E-state index >= 15 is 0 Å². The maximum absolute atomic E-state index is 13.2. The van der Waals surface area contributed by atoms with Crippen LogP contribution in [0, 0.1) is 5.82 Å². The Bertz CT molecular complexity index is 964. The summed E-state index contributed by atoms with van der Waals surface area (Å²) in [6, 6.07) is 7.66. The SMILES string of the molecule is CC(CN1CCCCC1)NC(=O)c1cc(-c2ccc(F)cc2)nc2ncnn12. The first-order chi connectivity index (χ1) is 13.6. The predicted molar refractivity (Wildman–Crippen MR) is 103 cm³/mol. The van der Waals surface area contributed by atoms with Gasteiger partial charge in [-0.1, -0.05) is 6.42 Å². The number of carbonyl (C=O) groups is 1. The third-order valence-corrected chi connectivity index (χ3v) is 4.98. The van der Waals surface area contributed by atoms with Crippen LogP contribution in [0.2, 0.25) is 0 Å². The van der Waals surface area contributed by atoms with E-state index < -0.39 is 0 Å². The Hall–Kier alpha value is -2.87. The molecular formula is C20H23FN6O. The van der Waals surface area contributed by atoms with Crippen LogP contribution >= 0.6 is 0 Å². The first kappa shape index (κ1) is 18.5. The maximum Gasteiger partial charge on any atom is 0.270 e. The number of nitrogens with one attached hydrogen (secondary N) is 1. The number of halogens is 1. The molecule has 28 heavy (non-hydrogen) atoms. The standard InChI is InChI=1S/C20H23FN6O/c1-14(12-26-9-3-2-4-10-26)24-19(28)18-11-17(15-5-7-16(21)8-6-15)25-20-22-13-23-27(18)20/h5-8,11,13-14H,2-4,9-10,12H2,1H3,(H,24,28). The Morgan fingerprint density at radius 2 is 1.96 bits per heavy atom. The molecule has 0 spiro atoms. The molecule has 0 aliphatic carbocycles. The van der Waals surface area contributed by atoms with Crippen LogP contribution in [0.4, 0.5) is 4.39 Å². The summed E-state index contributed by atoms with van der Waals surface area (Å²) in [5.41, 5.74) is 1.61. The molecule has 1 fully saturated rings. The highest BCUT2D eigenvalue weighted by Crippen LogP contribution is 2.20. The minimum absolute atomic E-state index is 0.00612. The highest BCUT2D eigenvalue weighted by molar-refractivity contribution is 5.94. The van der Waals surface area contributed by atoms with Gasteiger partial charge in [-0.3, -0.25) is 4.79 Å². The van der Waals surface area contributed by atoms with E-state index in [0.29, 0.717) is 22.7 Å². The molecule has 4 rings (SSSR count). The van der Waals surface area contributed by atoms with Gasteiger partial charge in [0.2, 0.25) is 0 Å². The number of fused-ring (bicyclic) bond motifs is 1. The van der Waals surface area contributed by atoms with E-state index in [-0.39, 0.29) is 17.8 Å². The molecule has 1 saturated heterocycles. The quantitative estimate of drug-likeness (QED) is 0.734. The Morgan fingerprint density at radius 3 is 2.71 bits per heavy atom. The Kier molecular flexibility index (Phi) is 5.29. The molecule has 0 radical (unpaired) electrons. The second-order valence-corrected chi connectivity index (χ2v) is 7.24. The monoisotopic (exact) mass is 382 g/mol. The summed E-state index contributed by atoms with van der Waals surface area (Å²) < 4.78 is 14.7. The van der Waals surface area contributed by atoms with E-state index in [2.05, 4.69) is 25.3 Å². The zero-order chi connectivity index (χ0) is 19.5. The van der Waals surface area contributed by atoms with Crippen LogP contribution in [-0.4, -0.2) is 56.1 Å². The minimum Gasteiger partial charge on any atom is -0.347 e. The summed E-state index contributed by atoms with van der Waals surface area (Å²) in [5, 5.41) is 7.18. The lowest BCUT2D eigenvalue weighted by atomic mass is 10.1. The van der Waals surface area contributed by atoms with Gasteiger partial charge in [-0.2, -0.15) is 14.6 Å². The second kappa shape index (κ2) is 8.02. The highest BCUT2D eigenvalue weighted by atomic mass is 19.1. The summed E-state index contributed by atoms with van der Waals surface area (Å²) in [7, 11) is 0. The van der Waals surface area contributed by atoms with Crippen LogP contribution < -0.4 is 5.32 Å². The molecule has 0 saturated carbocycles. The van der Waals surface area contributed by atoms with E-state index in [1.807, 2.05) is 6.92 Å². The smallest absolute Gasteiger partial charge is 0.270 e. The molecule has 1 atom stereocenters. The van der Waals surface area contributed by atoms with Crippen LogP contribution in [0.25, 0.3) is 17.0 Å². The highest BCUT2D eigenvalue weighted by Gasteiger charge is 2.19. The molecule has 1 aromatic carbocycles. The van der Waals surface area contributed by atoms with Crippen molar-refractivity contribution >= 4 is 11.7 Å². The number of amides is 1. The number of rotatable bonds is 5. The lowest BCUT2D eigenvalue weighted by molar-refractivity contribution is 0.0918. The molecule has 0 bridgehead atoms. The van der Waals surface area contributed by atoms with Crippen LogP contribution in [-0.2, 0) is 0 Å². The fraction of sp³-hybridized carbons (Fsp3) is 0.400. The molecular weight excluding hydrogens is 359 g/mol. The average molecular weight is 382 g/mol. The third kappa shape index (κ3) is 4.01. The molecule has 3 heterocycles. The lowest BCUT2D eigenvalue weighted by Gasteiger charge is -2.29. The number of carbonyl (C=O) groups excluding carboxylic acids is 1. The molecule has 3 aromatic rings. The van der Waals surface area contributed by atoms with E-state index in [4.69, 9.17) is 0 Å². The first-order valence-electron chi connectivity index (χ1n) is 9.60. The number of likely N-dealkylation sites (tertiary alicyclic amines) is 1. The van der Waals surface area contributed by atoms with Gasteiger partial charge in [0.15, 0.2) is 0 Å². The zero-order valence-corrected chi connectivity index (χ0v) is 15.8. The van der Waals surface area contributed by atoms with Gasteiger partial charge >= 0.3 is 0 Å². The topological polar surface area (TPSA) is 75.4 Å². The largest absolute Gasteiger partial charge is 0.347 e. The van der Waals surface area contributed by atoms with Crippen molar-refractivity contribution in [3.8, 4) is 11.3 Å². The Labute approximate surface area is 162 Å². The Morgan fingerprint density at radius 1 is 1.21 bits per heavy atom. The summed E-state index contributed by atoms with van der Waals surface area (Å²) in [5.74, 6) is -0.224. The van der Waals surface area contributed by atoms with E-state index in [1.165, 1.54) is 42.2 Å². The maximum atomic E-state index is 13.2. The molecule has 2 aromatic heterocycles. The molecule has 146 valence electrons. The summed E-state index contributed by atoms with van der Waals surface area (Å²) in [6.45, 7) is 4.99. The van der Waals surface area contributed by atoms with Crippen LogP contribution in [0.5, 0.6) is 0 Å². The van der Waals surface area contributed by atoms with Crippen molar-refractivity contribution in [1.29, 1.82) is 0 Å². The normalized spacial score (nSPS) is 16.2. The van der Waals surface area contributed by atoms with Gasteiger partial charge in [-0.25, -0.2) is 9.37 Å². The number of piperidine rings is 1. The van der Waals surface area contributed by atoms with Gasteiger partial charge in [0.1, 0.15) is 17.8 Å². The van der Waals surface area contributed by atoms with Gasteiger partial charge < -0.3 is 10.2 Å². The van der Waals surface area contributed by atoms with Crippen molar-refractivity contribution in [2.75, 3.05) is 19.6 Å². The average Bonchev–Trinajstić information content (AvgIpc) is 3.17. The van der Waals surface area contributed by atoms with Crippen molar-refractivity contribution < 1.29 is 9.18 Å². The summed E-state index contributed by atoms with van der Waals surface area (Å²) >= 11 is 0. The molecule has 7 nitrogen and oxygen atoms in total. The number of hydrogen-bond donors (Lipinski definition) is 1. The molecule has 1 amide bonds. The van der Waals surface area contributed by atoms with Gasteiger partial charge in [-0.05, 0) is 63.2 Å². The molecule has 8 heteroatoms. The zero-order valence-electron chi connectivity index (χ0n) is 15.8. The second-order valence-electron chi connectivity index (χ2n) is 7.24. The molecule has 1 unspecified atom stereocenters.